The molecule has 1 rings (SSSR count). The molecule has 1 unspecified atom stereocenters. The van der Waals surface area contributed by atoms with Gasteiger partial charge in [0.25, 0.3) is 0 Å². The van der Waals surface area contributed by atoms with Crippen LogP contribution in [0, 0.1) is 17.2 Å². The average Bonchev–Trinajstić information content (AvgIpc) is 2.54. The van der Waals surface area contributed by atoms with Gasteiger partial charge in [-0.25, -0.2) is 0 Å². The van der Waals surface area contributed by atoms with Crippen LogP contribution in [-0.2, 0) is 9.59 Å². The molecule has 1 aliphatic rings. The molecule has 0 fully saturated rings. The lowest BCUT2D eigenvalue weighted by molar-refractivity contribution is -0.136. The zero-order valence-electron chi connectivity index (χ0n) is 7.86. The number of nitriles is 1. The van der Waals surface area contributed by atoms with E-state index in [1.54, 1.807) is 19.2 Å². The van der Waals surface area contributed by atoms with Crippen LogP contribution in [0.5, 0.6) is 0 Å². The van der Waals surface area contributed by atoms with Gasteiger partial charge < -0.3 is 10.4 Å². The average molecular weight is 196 g/mol. The van der Waals surface area contributed by atoms with E-state index in [9.17, 15) is 9.59 Å². The summed E-state index contributed by atoms with van der Waals surface area (Å²) < 4.78 is 0. The van der Waals surface area contributed by atoms with E-state index in [0.717, 1.165) is 0 Å². The monoisotopic (exact) mass is 196 g/mol. The van der Waals surface area contributed by atoms with Gasteiger partial charge in [-0.3, -0.25) is 9.59 Å². The van der Waals surface area contributed by atoms with Gasteiger partial charge in [-0.2, -0.15) is 5.26 Å². The Bertz CT molecular complexity index is 278. The molecule has 1 aliphatic heterocycles. The predicted molar refractivity (Wildman–Crippen MR) is 48.9 cm³/mol. The number of carboxylic acid groups (broad SMARTS) is 1. The summed E-state index contributed by atoms with van der Waals surface area (Å²) in [6.07, 6.45) is 3.78. The fourth-order valence-corrected chi connectivity index (χ4v) is 0.700. The van der Waals surface area contributed by atoms with Gasteiger partial charge in [0.1, 0.15) is 0 Å². The highest BCUT2D eigenvalue weighted by molar-refractivity contribution is 5.84. The van der Waals surface area contributed by atoms with Crippen molar-refractivity contribution in [3.05, 3.63) is 12.3 Å². The third-order valence-electron chi connectivity index (χ3n) is 1.50. The summed E-state index contributed by atoms with van der Waals surface area (Å²) in [5.74, 6) is -1.03. The van der Waals surface area contributed by atoms with E-state index in [0.29, 0.717) is 0 Å². The Morgan fingerprint density at radius 1 is 1.79 bits per heavy atom. The maximum absolute atomic E-state index is 10.6. The van der Waals surface area contributed by atoms with Gasteiger partial charge in [0.2, 0.25) is 5.91 Å². The molecule has 5 nitrogen and oxygen atoms in total. The molecule has 0 aromatic carbocycles. The van der Waals surface area contributed by atoms with Gasteiger partial charge in [-0.05, 0) is 0 Å². The van der Waals surface area contributed by atoms with Gasteiger partial charge in [0, 0.05) is 12.6 Å². The minimum absolute atomic E-state index is 0.0726. The molecule has 0 spiro atoms. The third-order valence-corrected chi connectivity index (χ3v) is 1.50. The normalized spacial score (nSPS) is 17.7. The standard InChI is InChI=1S/C6H6N2O.C3H6O2/c7-3-1-5-2-4-8-6(5)9;1-2-3(4)5/h2,4-5H,1H2,(H,8,9);2H2,1H3,(H,4,5). The summed E-state index contributed by atoms with van der Waals surface area (Å²) in [6.45, 7) is 1.60. The second-order valence-electron chi connectivity index (χ2n) is 2.58. The highest BCUT2D eigenvalue weighted by Gasteiger charge is 2.17. The molecule has 5 heteroatoms. The van der Waals surface area contributed by atoms with Crippen molar-refractivity contribution in [3.63, 3.8) is 0 Å². The van der Waals surface area contributed by atoms with Crippen molar-refractivity contribution < 1.29 is 14.7 Å². The van der Waals surface area contributed by atoms with Gasteiger partial charge in [0.05, 0.1) is 18.4 Å². The molecule has 14 heavy (non-hydrogen) atoms. The first-order valence-corrected chi connectivity index (χ1v) is 4.17. The Morgan fingerprint density at radius 3 is 2.64 bits per heavy atom. The highest BCUT2D eigenvalue weighted by atomic mass is 16.4. The van der Waals surface area contributed by atoms with Crippen molar-refractivity contribution in [2.75, 3.05) is 0 Å². The summed E-state index contributed by atoms with van der Waals surface area (Å²) in [4.78, 5) is 20.0. The molecule has 2 N–H and O–H groups in total. The molecule has 1 atom stereocenters. The molecule has 0 aromatic heterocycles. The molecule has 0 radical (unpaired) electrons. The van der Waals surface area contributed by atoms with Gasteiger partial charge in [-0.15, -0.1) is 0 Å². The summed E-state index contributed by atoms with van der Waals surface area (Å²) in [6, 6.07) is 1.93. The maximum Gasteiger partial charge on any atom is 0.303 e. The number of amides is 1. The highest BCUT2D eigenvalue weighted by Crippen LogP contribution is 2.07. The van der Waals surface area contributed by atoms with Crippen LogP contribution < -0.4 is 5.32 Å². The molecule has 0 saturated carbocycles. The van der Waals surface area contributed by atoms with E-state index in [1.165, 1.54) is 0 Å². The van der Waals surface area contributed by atoms with Crippen molar-refractivity contribution >= 4 is 11.9 Å². The van der Waals surface area contributed by atoms with Crippen molar-refractivity contribution in [1.29, 1.82) is 5.26 Å². The van der Waals surface area contributed by atoms with E-state index in [-0.39, 0.29) is 24.7 Å². The number of carboxylic acids is 1. The molecular formula is C9H12N2O3. The van der Waals surface area contributed by atoms with Crippen LogP contribution in [0.4, 0.5) is 0 Å². The first-order valence-electron chi connectivity index (χ1n) is 4.17. The van der Waals surface area contributed by atoms with Crippen LogP contribution in [0.15, 0.2) is 12.3 Å². The Kier molecular flexibility index (Phi) is 5.79. The van der Waals surface area contributed by atoms with Crippen molar-refractivity contribution in [1.82, 2.24) is 5.32 Å². The van der Waals surface area contributed by atoms with Crippen LogP contribution >= 0.6 is 0 Å². The zero-order valence-corrected chi connectivity index (χ0v) is 7.86. The lowest BCUT2D eigenvalue weighted by Crippen LogP contribution is -2.18. The lowest BCUT2D eigenvalue weighted by Gasteiger charge is -1.95. The maximum atomic E-state index is 10.6. The first kappa shape index (κ1) is 12.2. The Labute approximate surface area is 82.0 Å². The second-order valence-corrected chi connectivity index (χ2v) is 2.58. The number of nitrogens with zero attached hydrogens (tertiary/aromatic N) is 1. The molecular weight excluding hydrogens is 184 g/mol. The Morgan fingerprint density at radius 2 is 2.36 bits per heavy atom. The number of nitrogens with one attached hydrogen (secondary N) is 1. The van der Waals surface area contributed by atoms with Crippen LogP contribution in [0.1, 0.15) is 19.8 Å². The molecule has 0 saturated heterocycles. The fourth-order valence-electron chi connectivity index (χ4n) is 0.700. The van der Waals surface area contributed by atoms with Crippen molar-refractivity contribution in [2.24, 2.45) is 5.92 Å². The smallest absolute Gasteiger partial charge is 0.303 e. The van der Waals surface area contributed by atoms with E-state index < -0.39 is 5.97 Å². The zero-order chi connectivity index (χ0) is 11.0. The van der Waals surface area contributed by atoms with Crippen molar-refractivity contribution in [2.45, 2.75) is 19.8 Å². The minimum Gasteiger partial charge on any atom is -0.481 e. The van der Waals surface area contributed by atoms with Crippen LogP contribution in [0.25, 0.3) is 0 Å². The lowest BCUT2D eigenvalue weighted by atomic mass is 10.1. The second kappa shape index (κ2) is 6.66. The summed E-state index contributed by atoms with van der Waals surface area (Å²) in [5, 5.41) is 18.4. The van der Waals surface area contributed by atoms with E-state index in [2.05, 4.69) is 5.32 Å². The van der Waals surface area contributed by atoms with Crippen molar-refractivity contribution in [3.8, 4) is 6.07 Å². The minimum atomic E-state index is -0.745. The van der Waals surface area contributed by atoms with Gasteiger partial charge >= 0.3 is 5.97 Å². The topological polar surface area (TPSA) is 90.2 Å². The Balaban J connectivity index is 0.000000292. The predicted octanol–water partition coefficient (Wildman–Crippen LogP) is 0.641. The van der Waals surface area contributed by atoms with E-state index in [1.807, 2.05) is 6.07 Å². The number of hydrogen-bond donors (Lipinski definition) is 2. The summed E-state index contributed by atoms with van der Waals surface area (Å²) in [7, 11) is 0. The molecule has 0 aliphatic carbocycles. The molecule has 76 valence electrons. The number of aliphatic carboxylic acids is 1. The molecule has 0 aromatic rings. The van der Waals surface area contributed by atoms with Crippen LogP contribution in [0.2, 0.25) is 0 Å². The molecule has 1 amide bonds. The van der Waals surface area contributed by atoms with E-state index >= 15 is 0 Å². The largest absolute Gasteiger partial charge is 0.481 e. The number of rotatable bonds is 2. The van der Waals surface area contributed by atoms with Gasteiger partial charge in [0.15, 0.2) is 0 Å². The fraction of sp³-hybridized carbons (Fsp3) is 0.444. The van der Waals surface area contributed by atoms with Crippen LogP contribution in [-0.4, -0.2) is 17.0 Å². The first-order chi connectivity index (χ1) is 6.61. The SMILES string of the molecule is CCC(=O)O.N#CCC1C=CNC1=O. The number of hydrogen-bond acceptors (Lipinski definition) is 3. The summed E-state index contributed by atoms with van der Waals surface area (Å²) >= 11 is 0. The quantitative estimate of drug-likeness (QED) is 0.678. The number of carbonyl (C=O) groups excluding carboxylic acids is 1. The molecule has 1 heterocycles. The van der Waals surface area contributed by atoms with Crippen LogP contribution in [0.3, 0.4) is 0 Å². The molecule has 0 bridgehead atoms. The van der Waals surface area contributed by atoms with E-state index in [4.69, 9.17) is 10.4 Å². The Hall–Kier alpha value is -1.83. The summed E-state index contributed by atoms with van der Waals surface area (Å²) in [5.41, 5.74) is 0. The van der Waals surface area contributed by atoms with Gasteiger partial charge in [-0.1, -0.05) is 13.0 Å². The third kappa shape index (κ3) is 4.93. The number of carbonyl (C=O) groups is 2.